The molecule has 0 amide bonds. The van der Waals surface area contributed by atoms with Crippen molar-refractivity contribution in [2.24, 2.45) is 0 Å². The molecular formula is C27H27Cl2N5O5S. The lowest BCUT2D eigenvalue weighted by molar-refractivity contribution is 0.0600. The van der Waals surface area contributed by atoms with Crippen molar-refractivity contribution in [3.8, 4) is 11.6 Å². The molecule has 0 aliphatic rings. The van der Waals surface area contributed by atoms with Crippen LogP contribution in [0.1, 0.15) is 52.8 Å². The van der Waals surface area contributed by atoms with Gasteiger partial charge in [0.05, 0.1) is 33.3 Å². The summed E-state index contributed by atoms with van der Waals surface area (Å²) >= 11 is 12.8. The Morgan fingerprint density at radius 3 is 2.33 bits per heavy atom. The Morgan fingerprint density at radius 1 is 1.05 bits per heavy atom. The number of benzene rings is 2. The number of nitrogens with zero attached hydrogens (tertiary/aromatic N) is 4. The summed E-state index contributed by atoms with van der Waals surface area (Å²) in [6, 6.07) is 14.1. The number of ether oxygens (including phenoxy) is 2. The topological polar surface area (TPSA) is 125 Å². The van der Waals surface area contributed by atoms with Gasteiger partial charge in [0.25, 0.3) is 0 Å². The molecule has 1 N–H and O–H groups in total. The van der Waals surface area contributed by atoms with E-state index in [0.717, 1.165) is 5.69 Å². The summed E-state index contributed by atoms with van der Waals surface area (Å²) < 4.78 is 40.3. The molecule has 0 radical (unpaired) electrons. The van der Waals surface area contributed by atoms with E-state index in [-0.39, 0.29) is 29.5 Å². The van der Waals surface area contributed by atoms with Crippen molar-refractivity contribution in [2.45, 2.75) is 44.7 Å². The highest BCUT2D eigenvalue weighted by molar-refractivity contribution is 7.89. The number of hydrogen-bond donors (Lipinski definition) is 1. The first-order valence-electron chi connectivity index (χ1n) is 12.2. The van der Waals surface area contributed by atoms with E-state index in [1.54, 1.807) is 41.9 Å². The van der Waals surface area contributed by atoms with E-state index in [2.05, 4.69) is 24.8 Å². The molecule has 4 aromatic rings. The third kappa shape index (κ3) is 6.44. The van der Waals surface area contributed by atoms with Gasteiger partial charge in [-0.2, -0.15) is 0 Å². The number of hydrogen-bond acceptors (Lipinski definition) is 8. The second-order valence-electron chi connectivity index (χ2n) is 9.08. The Kier molecular flexibility index (Phi) is 9.09. The van der Waals surface area contributed by atoms with E-state index in [1.165, 1.54) is 31.4 Å². The van der Waals surface area contributed by atoms with E-state index in [1.807, 2.05) is 13.8 Å². The molecule has 0 bridgehead atoms. The molecule has 0 fully saturated rings. The van der Waals surface area contributed by atoms with Gasteiger partial charge in [0.15, 0.2) is 0 Å². The number of methoxy groups -OCH3 is 1. The second kappa shape index (κ2) is 12.3. The Balaban J connectivity index is 1.48. The third-order valence-corrected chi connectivity index (χ3v) is 8.08. The standard InChI is InChI=1S/C27H27Cl2N5O5S/c1-16(2)25-23(34(33-32-25)26-21(28)6-5-7-22(26)29)15-39-24-13-10-19(17(3)31-24)14-30-40(36,37)20-11-8-18(9-12-20)27(35)38-4/h5-13,16,30H,14-15H2,1-4H3. The van der Waals surface area contributed by atoms with Crippen LogP contribution >= 0.6 is 23.2 Å². The van der Waals surface area contributed by atoms with Gasteiger partial charge >= 0.3 is 5.97 Å². The smallest absolute Gasteiger partial charge is 0.337 e. The lowest BCUT2D eigenvalue weighted by atomic mass is 10.1. The summed E-state index contributed by atoms with van der Waals surface area (Å²) in [4.78, 5) is 16.1. The van der Waals surface area contributed by atoms with Gasteiger partial charge in [-0.3, -0.25) is 0 Å². The van der Waals surface area contributed by atoms with Crippen molar-refractivity contribution in [2.75, 3.05) is 7.11 Å². The van der Waals surface area contributed by atoms with Crippen LogP contribution in [0.3, 0.4) is 0 Å². The number of sulfonamides is 1. The highest BCUT2D eigenvalue weighted by Gasteiger charge is 2.21. The number of para-hydroxylation sites is 1. The third-order valence-electron chi connectivity index (χ3n) is 6.05. The van der Waals surface area contributed by atoms with Crippen molar-refractivity contribution in [3.63, 3.8) is 0 Å². The lowest BCUT2D eigenvalue weighted by Gasteiger charge is -2.14. The first-order chi connectivity index (χ1) is 19.0. The number of carbonyl (C=O) groups is 1. The molecule has 0 saturated carbocycles. The van der Waals surface area contributed by atoms with Gasteiger partial charge in [-0.05, 0) is 54.8 Å². The number of esters is 1. The average Bonchev–Trinajstić information content (AvgIpc) is 3.34. The molecule has 4 rings (SSSR count). The van der Waals surface area contributed by atoms with Crippen LogP contribution in [0.4, 0.5) is 0 Å². The zero-order chi connectivity index (χ0) is 29.0. The number of rotatable bonds is 10. The van der Waals surface area contributed by atoms with Gasteiger partial charge in [0, 0.05) is 18.3 Å². The number of pyridine rings is 1. The summed E-state index contributed by atoms with van der Waals surface area (Å²) in [5.41, 5.74) is 3.44. The van der Waals surface area contributed by atoms with Gasteiger partial charge in [-0.15, -0.1) is 5.10 Å². The highest BCUT2D eigenvalue weighted by atomic mass is 35.5. The summed E-state index contributed by atoms with van der Waals surface area (Å²) in [5, 5.41) is 9.44. The Hall–Kier alpha value is -3.51. The molecule has 40 heavy (non-hydrogen) atoms. The fraction of sp³-hybridized carbons (Fsp3) is 0.259. The normalized spacial score (nSPS) is 11.6. The maximum Gasteiger partial charge on any atom is 0.337 e. The molecule has 2 heterocycles. The van der Waals surface area contributed by atoms with Crippen LogP contribution < -0.4 is 9.46 Å². The van der Waals surface area contributed by atoms with Crippen LogP contribution in [0.25, 0.3) is 5.69 Å². The average molecular weight is 605 g/mol. The molecule has 0 aliphatic carbocycles. The first kappa shape index (κ1) is 29.5. The Morgan fingerprint density at radius 2 is 1.73 bits per heavy atom. The molecule has 0 saturated heterocycles. The molecular weight excluding hydrogens is 577 g/mol. The van der Waals surface area contributed by atoms with Gasteiger partial charge in [-0.1, -0.05) is 54.4 Å². The van der Waals surface area contributed by atoms with Crippen molar-refractivity contribution in [1.29, 1.82) is 0 Å². The summed E-state index contributed by atoms with van der Waals surface area (Å²) in [6.45, 7) is 5.87. The van der Waals surface area contributed by atoms with E-state index in [0.29, 0.717) is 38.6 Å². The minimum absolute atomic E-state index is 0.0133. The number of halogens is 2. The maximum absolute atomic E-state index is 12.7. The van der Waals surface area contributed by atoms with Gasteiger partial charge in [0.1, 0.15) is 18.0 Å². The number of nitrogens with one attached hydrogen (secondary N) is 1. The Bertz CT molecular complexity index is 1620. The molecule has 13 heteroatoms. The summed E-state index contributed by atoms with van der Waals surface area (Å²) in [5.74, 6) is -0.139. The van der Waals surface area contributed by atoms with Gasteiger partial charge < -0.3 is 9.47 Å². The van der Waals surface area contributed by atoms with Gasteiger partial charge in [0.2, 0.25) is 15.9 Å². The summed E-state index contributed by atoms with van der Waals surface area (Å²) in [7, 11) is -2.57. The molecule has 2 aromatic carbocycles. The number of aromatic nitrogens is 4. The highest BCUT2D eigenvalue weighted by Crippen LogP contribution is 2.31. The van der Waals surface area contributed by atoms with Crippen LogP contribution in [0.2, 0.25) is 10.0 Å². The minimum Gasteiger partial charge on any atom is -0.471 e. The fourth-order valence-electron chi connectivity index (χ4n) is 3.89. The zero-order valence-electron chi connectivity index (χ0n) is 22.2. The van der Waals surface area contributed by atoms with E-state index < -0.39 is 16.0 Å². The van der Waals surface area contributed by atoms with Crippen LogP contribution in [-0.4, -0.2) is 41.5 Å². The molecule has 0 atom stereocenters. The minimum atomic E-state index is -3.82. The first-order valence-corrected chi connectivity index (χ1v) is 14.4. The SMILES string of the molecule is COC(=O)c1ccc(S(=O)(=O)NCc2ccc(OCc3c(C(C)C)nnn3-c3c(Cl)cccc3Cl)nc2C)cc1. The van der Waals surface area contributed by atoms with Gasteiger partial charge in [-0.25, -0.2) is 27.6 Å². The van der Waals surface area contributed by atoms with Crippen molar-refractivity contribution in [3.05, 3.63) is 92.9 Å². The molecule has 0 unspecified atom stereocenters. The molecule has 10 nitrogen and oxygen atoms in total. The van der Waals surface area contributed by atoms with Crippen molar-refractivity contribution < 1.29 is 22.7 Å². The monoisotopic (exact) mass is 603 g/mol. The number of aryl methyl sites for hydroxylation is 1. The van der Waals surface area contributed by atoms with Crippen LogP contribution in [0.5, 0.6) is 5.88 Å². The predicted octanol–water partition coefficient (Wildman–Crippen LogP) is 5.25. The van der Waals surface area contributed by atoms with E-state index >= 15 is 0 Å². The second-order valence-corrected chi connectivity index (χ2v) is 11.7. The summed E-state index contributed by atoms with van der Waals surface area (Å²) in [6.07, 6.45) is 0. The molecule has 210 valence electrons. The van der Waals surface area contributed by atoms with Crippen LogP contribution in [-0.2, 0) is 27.9 Å². The molecule has 2 aromatic heterocycles. The molecule has 0 aliphatic heterocycles. The van der Waals surface area contributed by atoms with Crippen molar-refractivity contribution in [1.82, 2.24) is 24.7 Å². The largest absolute Gasteiger partial charge is 0.471 e. The Labute approximate surface area is 242 Å². The van der Waals surface area contributed by atoms with E-state index in [9.17, 15) is 13.2 Å². The van der Waals surface area contributed by atoms with Crippen LogP contribution in [0, 0.1) is 6.92 Å². The zero-order valence-corrected chi connectivity index (χ0v) is 24.5. The van der Waals surface area contributed by atoms with Crippen LogP contribution in [0.15, 0.2) is 59.5 Å². The fourth-order valence-corrected chi connectivity index (χ4v) is 5.45. The quantitative estimate of drug-likeness (QED) is 0.244. The number of carbonyl (C=O) groups excluding carboxylic acids is 1. The lowest BCUT2D eigenvalue weighted by Crippen LogP contribution is -2.24. The maximum atomic E-state index is 12.7. The van der Waals surface area contributed by atoms with E-state index in [4.69, 9.17) is 27.9 Å². The predicted molar refractivity (Wildman–Crippen MR) is 151 cm³/mol. The van der Waals surface area contributed by atoms with Crippen molar-refractivity contribution >= 4 is 39.2 Å². The molecule has 0 spiro atoms.